The molecule has 0 aliphatic carbocycles. The molecule has 1 N–H and O–H groups in total. The van der Waals surface area contributed by atoms with Crippen molar-refractivity contribution >= 4 is 17.3 Å². The molecule has 2 aromatic carbocycles. The van der Waals surface area contributed by atoms with Crippen LogP contribution < -0.4 is 10.2 Å². The van der Waals surface area contributed by atoms with E-state index in [0.29, 0.717) is 0 Å². The normalized spacial score (nSPS) is 16.8. The molecule has 0 saturated carbocycles. The number of nitrogens with one attached hydrogen (secondary N) is 1. The molecule has 0 fully saturated rings. The van der Waals surface area contributed by atoms with E-state index in [1.54, 1.807) is 0 Å². The fourth-order valence-electron chi connectivity index (χ4n) is 3.00. The largest absolute Gasteiger partial charge is 0.416 e. The second kappa shape index (κ2) is 6.19. The fourth-order valence-corrected chi connectivity index (χ4v) is 3.00. The van der Waals surface area contributed by atoms with Crippen molar-refractivity contribution in [1.82, 2.24) is 0 Å². The Kier molecular flexibility index (Phi) is 4.22. The van der Waals surface area contributed by atoms with Crippen molar-refractivity contribution in [3.63, 3.8) is 0 Å². The highest BCUT2D eigenvalue weighted by molar-refractivity contribution is 5.94. The summed E-state index contributed by atoms with van der Waals surface area (Å²) in [5.74, 6) is -0.335. The monoisotopic (exact) mass is 334 g/mol. The van der Waals surface area contributed by atoms with Crippen LogP contribution in [-0.4, -0.2) is 18.5 Å². The average molecular weight is 334 g/mol. The molecular weight excluding hydrogens is 317 g/mol. The van der Waals surface area contributed by atoms with Crippen LogP contribution in [0.1, 0.15) is 18.1 Å². The van der Waals surface area contributed by atoms with Gasteiger partial charge in [-0.1, -0.05) is 24.3 Å². The zero-order valence-electron chi connectivity index (χ0n) is 13.1. The SMILES string of the molecule is C[C@@H]1Cc2ccccc2N1CC(=O)Nc1cccc(C(F)(F)F)c1. The van der Waals surface area contributed by atoms with Crippen LogP contribution in [0, 0.1) is 0 Å². The summed E-state index contributed by atoms with van der Waals surface area (Å²) in [5.41, 5.74) is 1.55. The number of hydrogen-bond donors (Lipinski definition) is 1. The standard InChI is InChI=1S/C18H17F3N2O/c1-12-9-13-5-2-3-8-16(13)23(12)11-17(24)22-15-7-4-6-14(10-15)18(19,20)21/h2-8,10,12H,9,11H2,1H3,(H,22,24)/t12-/m1/s1. The van der Waals surface area contributed by atoms with E-state index >= 15 is 0 Å². The Morgan fingerprint density at radius 1 is 1.21 bits per heavy atom. The van der Waals surface area contributed by atoms with Crippen molar-refractivity contribution in [1.29, 1.82) is 0 Å². The van der Waals surface area contributed by atoms with Gasteiger partial charge < -0.3 is 10.2 Å². The van der Waals surface area contributed by atoms with E-state index in [4.69, 9.17) is 0 Å². The number of carbonyl (C=O) groups excluding carboxylic acids is 1. The van der Waals surface area contributed by atoms with Crippen molar-refractivity contribution in [3.8, 4) is 0 Å². The lowest BCUT2D eigenvalue weighted by Gasteiger charge is -2.24. The Bertz CT molecular complexity index is 758. The number of benzene rings is 2. The first-order valence-electron chi connectivity index (χ1n) is 7.66. The number of alkyl halides is 3. The average Bonchev–Trinajstić information content (AvgIpc) is 2.83. The van der Waals surface area contributed by atoms with Crippen molar-refractivity contribution in [2.45, 2.75) is 25.6 Å². The first kappa shape index (κ1) is 16.4. The van der Waals surface area contributed by atoms with Gasteiger partial charge in [0.2, 0.25) is 5.91 Å². The molecule has 1 heterocycles. The molecule has 1 aliphatic rings. The molecule has 0 unspecified atom stereocenters. The zero-order chi connectivity index (χ0) is 17.3. The maximum absolute atomic E-state index is 12.7. The number of carbonyl (C=O) groups is 1. The molecule has 126 valence electrons. The smallest absolute Gasteiger partial charge is 0.359 e. The van der Waals surface area contributed by atoms with E-state index in [9.17, 15) is 18.0 Å². The zero-order valence-corrected chi connectivity index (χ0v) is 13.1. The van der Waals surface area contributed by atoms with E-state index in [1.165, 1.54) is 17.7 Å². The van der Waals surface area contributed by atoms with Crippen LogP contribution in [0.15, 0.2) is 48.5 Å². The maximum Gasteiger partial charge on any atom is 0.416 e. The molecule has 0 spiro atoms. The third-order valence-corrected chi connectivity index (χ3v) is 4.14. The first-order chi connectivity index (χ1) is 11.3. The van der Waals surface area contributed by atoms with E-state index in [-0.39, 0.29) is 24.2 Å². The van der Waals surface area contributed by atoms with Gasteiger partial charge in [-0.3, -0.25) is 4.79 Å². The molecule has 3 nitrogen and oxygen atoms in total. The highest BCUT2D eigenvalue weighted by Crippen LogP contribution is 2.32. The predicted octanol–water partition coefficient (Wildman–Crippen LogP) is 4.10. The van der Waals surface area contributed by atoms with Gasteiger partial charge in [0.05, 0.1) is 12.1 Å². The molecule has 6 heteroatoms. The third kappa shape index (κ3) is 3.37. The number of halogens is 3. The molecule has 1 amide bonds. The minimum Gasteiger partial charge on any atom is -0.359 e. The van der Waals surface area contributed by atoms with Crippen molar-refractivity contribution in [3.05, 3.63) is 59.7 Å². The molecule has 0 saturated heterocycles. The number of anilines is 2. The van der Waals surface area contributed by atoms with Crippen LogP contribution in [-0.2, 0) is 17.4 Å². The van der Waals surface area contributed by atoms with Gasteiger partial charge in [-0.05, 0) is 43.2 Å². The number of hydrogen-bond acceptors (Lipinski definition) is 2. The second-order valence-corrected chi connectivity index (χ2v) is 5.94. The molecule has 1 atom stereocenters. The summed E-state index contributed by atoms with van der Waals surface area (Å²) < 4.78 is 38.2. The number of fused-ring (bicyclic) bond motifs is 1. The van der Waals surface area contributed by atoms with Gasteiger partial charge in [0.1, 0.15) is 0 Å². The van der Waals surface area contributed by atoms with Gasteiger partial charge in [-0.25, -0.2) is 0 Å². The fraction of sp³-hybridized carbons (Fsp3) is 0.278. The quantitative estimate of drug-likeness (QED) is 0.917. The molecule has 0 aromatic heterocycles. The predicted molar refractivity (Wildman–Crippen MR) is 87.0 cm³/mol. The van der Waals surface area contributed by atoms with Crippen LogP contribution in [0.4, 0.5) is 24.5 Å². The van der Waals surface area contributed by atoms with Gasteiger partial charge >= 0.3 is 6.18 Å². The highest BCUT2D eigenvalue weighted by Gasteiger charge is 2.31. The van der Waals surface area contributed by atoms with E-state index in [0.717, 1.165) is 24.2 Å². The van der Waals surface area contributed by atoms with Crippen LogP contribution in [0.5, 0.6) is 0 Å². The van der Waals surface area contributed by atoms with Gasteiger partial charge in [0.25, 0.3) is 0 Å². The summed E-state index contributed by atoms with van der Waals surface area (Å²) in [6.45, 7) is 2.13. The van der Waals surface area contributed by atoms with Crippen molar-refractivity contribution < 1.29 is 18.0 Å². The summed E-state index contributed by atoms with van der Waals surface area (Å²) in [5, 5.41) is 2.55. The molecule has 3 rings (SSSR count). The summed E-state index contributed by atoms with van der Waals surface area (Å²) in [7, 11) is 0. The van der Waals surface area contributed by atoms with Gasteiger partial charge in [0.15, 0.2) is 0 Å². The minimum atomic E-state index is -4.43. The Morgan fingerprint density at radius 3 is 2.71 bits per heavy atom. The maximum atomic E-state index is 12.7. The third-order valence-electron chi connectivity index (χ3n) is 4.14. The molecule has 24 heavy (non-hydrogen) atoms. The van der Waals surface area contributed by atoms with Gasteiger partial charge in [0, 0.05) is 17.4 Å². The first-order valence-corrected chi connectivity index (χ1v) is 7.66. The lowest BCUT2D eigenvalue weighted by molar-refractivity contribution is -0.137. The van der Waals surface area contributed by atoms with Gasteiger partial charge in [-0.15, -0.1) is 0 Å². The summed E-state index contributed by atoms with van der Waals surface area (Å²) in [6, 6.07) is 12.7. The lowest BCUT2D eigenvalue weighted by Crippen LogP contribution is -2.37. The van der Waals surface area contributed by atoms with E-state index in [1.807, 2.05) is 36.1 Å². The summed E-state index contributed by atoms with van der Waals surface area (Å²) in [4.78, 5) is 14.2. The summed E-state index contributed by atoms with van der Waals surface area (Å²) >= 11 is 0. The number of rotatable bonds is 3. The topological polar surface area (TPSA) is 32.3 Å². The van der Waals surface area contributed by atoms with Crippen molar-refractivity contribution in [2.24, 2.45) is 0 Å². The number of para-hydroxylation sites is 1. The van der Waals surface area contributed by atoms with Crippen LogP contribution in [0.3, 0.4) is 0 Å². The Labute approximate surface area is 138 Å². The van der Waals surface area contributed by atoms with Crippen LogP contribution >= 0.6 is 0 Å². The summed E-state index contributed by atoms with van der Waals surface area (Å²) in [6.07, 6.45) is -3.57. The molecule has 0 radical (unpaired) electrons. The molecule has 1 aliphatic heterocycles. The Morgan fingerprint density at radius 2 is 1.96 bits per heavy atom. The highest BCUT2D eigenvalue weighted by atomic mass is 19.4. The van der Waals surface area contributed by atoms with Crippen LogP contribution in [0.25, 0.3) is 0 Å². The van der Waals surface area contributed by atoms with Crippen molar-refractivity contribution in [2.75, 3.05) is 16.8 Å². The number of nitrogens with zero attached hydrogens (tertiary/aromatic N) is 1. The molecular formula is C18H17F3N2O. The second-order valence-electron chi connectivity index (χ2n) is 5.94. The lowest BCUT2D eigenvalue weighted by atomic mass is 10.1. The molecule has 0 bridgehead atoms. The number of amides is 1. The van der Waals surface area contributed by atoms with E-state index in [2.05, 4.69) is 5.32 Å². The van der Waals surface area contributed by atoms with Gasteiger partial charge in [-0.2, -0.15) is 13.2 Å². The minimum absolute atomic E-state index is 0.106. The Balaban J connectivity index is 1.71. The molecule has 2 aromatic rings. The van der Waals surface area contributed by atoms with E-state index < -0.39 is 11.7 Å². The van der Waals surface area contributed by atoms with Crippen LogP contribution in [0.2, 0.25) is 0 Å². The Hall–Kier alpha value is -2.50.